The van der Waals surface area contributed by atoms with Gasteiger partial charge < -0.3 is 5.32 Å². The predicted molar refractivity (Wildman–Crippen MR) is 107 cm³/mol. The van der Waals surface area contributed by atoms with E-state index in [1.54, 1.807) is 24.3 Å². The van der Waals surface area contributed by atoms with Crippen LogP contribution < -0.4 is 5.32 Å². The smallest absolute Gasteiger partial charge is 0.293 e. The molecule has 144 valence electrons. The average Bonchev–Trinajstić information content (AvgIpc) is 2.97. The number of nitrogens with zero attached hydrogens (tertiary/aromatic N) is 1. The van der Waals surface area contributed by atoms with Gasteiger partial charge in [0.05, 0.1) is 4.91 Å². The third-order valence-electron chi connectivity index (χ3n) is 4.31. The topological polar surface area (TPSA) is 66.5 Å². The van der Waals surface area contributed by atoms with Gasteiger partial charge in [0.25, 0.3) is 17.1 Å². The van der Waals surface area contributed by atoms with Crippen LogP contribution in [0.1, 0.15) is 28.4 Å². The van der Waals surface area contributed by atoms with Gasteiger partial charge in [0, 0.05) is 24.2 Å². The number of imide groups is 1. The number of halogens is 1. The van der Waals surface area contributed by atoms with E-state index in [1.165, 1.54) is 18.2 Å². The number of nitrogens with one attached hydrogen (secondary N) is 1. The number of benzene rings is 2. The highest BCUT2D eigenvalue weighted by Crippen LogP contribution is 2.32. The quantitative estimate of drug-likeness (QED) is 0.751. The minimum absolute atomic E-state index is 0.0536. The Morgan fingerprint density at radius 2 is 1.86 bits per heavy atom. The van der Waals surface area contributed by atoms with Gasteiger partial charge in [-0.1, -0.05) is 37.3 Å². The van der Waals surface area contributed by atoms with Crippen LogP contribution in [0.25, 0.3) is 6.08 Å². The first-order valence-corrected chi connectivity index (χ1v) is 9.68. The number of amides is 3. The number of rotatable bonds is 6. The molecule has 7 heteroatoms. The van der Waals surface area contributed by atoms with E-state index in [0.29, 0.717) is 5.56 Å². The molecule has 28 heavy (non-hydrogen) atoms. The van der Waals surface area contributed by atoms with Gasteiger partial charge in [-0.15, -0.1) is 0 Å². The van der Waals surface area contributed by atoms with Gasteiger partial charge in [-0.2, -0.15) is 0 Å². The van der Waals surface area contributed by atoms with E-state index in [4.69, 9.17) is 0 Å². The van der Waals surface area contributed by atoms with Crippen LogP contribution in [-0.4, -0.2) is 35.0 Å². The van der Waals surface area contributed by atoms with Crippen LogP contribution in [-0.2, 0) is 11.2 Å². The van der Waals surface area contributed by atoms with Crippen molar-refractivity contribution < 1.29 is 18.8 Å². The summed E-state index contributed by atoms with van der Waals surface area (Å²) < 4.78 is 13.8. The van der Waals surface area contributed by atoms with E-state index in [-0.39, 0.29) is 29.5 Å². The summed E-state index contributed by atoms with van der Waals surface area (Å²) in [6.07, 6.45) is 2.26. The molecular weight excluding hydrogens is 379 g/mol. The highest BCUT2D eigenvalue weighted by Gasteiger charge is 2.34. The fourth-order valence-corrected chi connectivity index (χ4v) is 3.56. The Morgan fingerprint density at radius 3 is 2.54 bits per heavy atom. The normalized spacial score (nSPS) is 15.4. The maximum atomic E-state index is 13.8. The van der Waals surface area contributed by atoms with Crippen LogP contribution in [0.3, 0.4) is 0 Å². The fraction of sp³-hybridized carbons (Fsp3) is 0.190. The monoisotopic (exact) mass is 398 g/mol. The zero-order valence-corrected chi connectivity index (χ0v) is 16.1. The molecule has 0 aromatic heterocycles. The van der Waals surface area contributed by atoms with Crippen molar-refractivity contribution in [1.82, 2.24) is 10.2 Å². The molecule has 0 bridgehead atoms. The van der Waals surface area contributed by atoms with Crippen LogP contribution in [0, 0.1) is 5.82 Å². The van der Waals surface area contributed by atoms with Crippen LogP contribution >= 0.6 is 11.8 Å². The molecule has 2 aromatic rings. The van der Waals surface area contributed by atoms with E-state index in [0.717, 1.165) is 28.6 Å². The predicted octanol–water partition coefficient (Wildman–Crippen LogP) is 3.85. The Bertz CT molecular complexity index is 941. The molecule has 0 atom stereocenters. The van der Waals surface area contributed by atoms with Crippen LogP contribution in [0.15, 0.2) is 53.4 Å². The molecular formula is C21H19FN2O3S. The number of carbonyl (C=O) groups is 3. The zero-order valence-electron chi connectivity index (χ0n) is 15.3. The summed E-state index contributed by atoms with van der Waals surface area (Å²) in [5, 5.41) is 2.27. The van der Waals surface area contributed by atoms with E-state index < -0.39 is 17.0 Å². The third-order valence-corrected chi connectivity index (χ3v) is 5.22. The minimum atomic E-state index is -0.486. The summed E-state index contributed by atoms with van der Waals surface area (Å²) in [5.74, 6) is -1.22. The average molecular weight is 398 g/mol. The molecule has 1 saturated heterocycles. The Morgan fingerprint density at radius 1 is 1.14 bits per heavy atom. The zero-order chi connectivity index (χ0) is 20.1. The highest BCUT2D eigenvalue weighted by molar-refractivity contribution is 8.18. The Labute approximate surface area is 166 Å². The van der Waals surface area contributed by atoms with Crippen molar-refractivity contribution in [3.8, 4) is 0 Å². The van der Waals surface area contributed by atoms with Crippen LogP contribution in [0.5, 0.6) is 0 Å². The van der Waals surface area contributed by atoms with Gasteiger partial charge in [-0.3, -0.25) is 19.3 Å². The molecule has 0 saturated carbocycles. The molecule has 1 aliphatic heterocycles. The van der Waals surface area contributed by atoms with Gasteiger partial charge in [-0.05, 0) is 48.0 Å². The van der Waals surface area contributed by atoms with E-state index in [1.807, 2.05) is 19.1 Å². The molecule has 1 fully saturated rings. The lowest BCUT2D eigenvalue weighted by Crippen LogP contribution is -2.37. The van der Waals surface area contributed by atoms with Gasteiger partial charge in [0.2, 0.25) is 0 Å². The number of aryl methyl sites for hydroxylation is 1. The lowest BCUT2D eigenvalue weighted by molar-refractivity contribution is -0.122. The Balaban J connectivity index is 1.58. The van der Waals surface area contributed by atoms with E-state index in [9.17, 15) is 18.8 Å². The molecule has 1 aliphatic rings. The molecule has 0 aliphatic carbocycles. The van der Waals surface area contributed by atoms with Crippen molar-refractivity contribution in [2.75, 3.05) is 13.1 Å². The van der Waals surface area contributed by atoms with Crippen molar-refractivity contribution in [3.63, 3.8) is 0 Å². The minimum Gasteiger partial charge on any atom is -0.350 e. The number of carbonyl (C=O) groups excluding carboxylic acids is 3. The molecule has 5 nitrogen and oxygen atoms in total. The van der Waals surface area contributed by atoms with Crippen molar-refractivity contribution in [2.24, 2.45) is 0 Å². The fourth-order valence-electron chi connectivity index (χ4n) is 2.70. The van der Waals surface area contributed by atoms with Gasteiger partial charge in [0.1, 0.15) is 5.82 Å². The van der Waals surface area contributed by atoms with Crippen molar-refractivity contribution in [1.29, 1.82) is 0 Å². The molecule has 3 amide bonds. The molecule has 1 heterocycles. The lowest BCUT2D eigenvalue weighted by atomic mass is 10.1. The largest absolute Gasteiger partial charge is 0.350 e. The molecule has 0 radical (unpaired) electrons. The van der Waals surface area contributed by atoms with Crippen molar-refractivity contribution >= 4 is 34.9 Å². The van der Waals surface area contributed by atoms with Gasteiger partial charge in [0.15, 0.2) is 0 Å². The maximum Gasteiger partial charge on any atom is 0.293 e. The summed E-state index contributed by atoms with van der Waals surface area (Å²) in [7, 11) is 0. The summed E-state index contributed by atoms with van der Waals surface area (Å²) in [4.78, 5) is 37.9. The van der Waals surface area contributed by atoms with Crippen molar-refractivity contribution in [2.45, 2.75) is 13.3 Å². The van der Waals surface area contributed by atoms with E-state index >= 15 is 0 Å². The first-order valence-electron chi connectivity index (χ1n) is 8.86. The summed E-state index contributed by atoms with van der Waals surface area (Å²) in [6, 6.07) is 13.3. The second-order valence-electron chi connectivity index (χ2n) is 6.16. The highest BCUT2D eigenvalue weighted by atomic mass is 32.2. The first-order chi connectivity index (χ1) is 13.5. The molecule has 3 rings (SSSR count). The standard InChI is InChI=1S/C21H19FN2O3S/c1-2-14-7-9-15(10-8-14)19(25)23-11-12-24-20(26)18(28-21(24)27)13-16-5-3-4-6-17(16)22/h3-10,13H,2,11-12H2,1H3,(H,23,25)/b18-13-. The summed E-state index contributed by atoms with van der Waals surface area (Å²) in [5.41, 5.74) is 1.90. The SMILES string of the molecule is CCc1ccc(C(=O)NCCN2C(=O)S/C(=C\c3ccccc3F)C2=O)cc1. The van der Waals surface area contributed by atoms with Crippen LogP contribution in [0.4, 0.5) is 9.18 Å². The first kappa shape index (κ1) is 19.8. The summed E-state index contributed by atoms with van der Waals surface area (Å²) >= 11 is 0.764. The second-order valence-corrected chi connectivity index (χ2v) is 7.15. The number of thioether (sulfide) groups is 1. The maximum absolute atomic E-state index is 13.8. The van der Waals surface area contributed by atoms with Gasteiger partial charge in [-0.25, -0.2) is 4.39 Å². The van der Waals surface area contributed by atoms with Crippen LogP contribution in [0.2, 0.25) is 0 Å². The Kier molecular flexibility index (Phi) is 6.26. The Hall–Kier alpha value is -2.93. The molecule has 0 spiro atoms. The van der Waals surface area contributed by atoms with E-state index in [2.05, 4.69) is 5.32 Å². The van der Waals surface area contributed by atoms with Gasteiger partial charge >= 0.3 is 0 Å². The third kappa shape index (κ3) is 4.48. The lowest BCUT2D eigenvalue weighted by Gasteiger charge is -2.13. The second kappa shape index (κ2) is 8.84. The summed E-state index contributed by atoms with van der Waals surface area (Å²) in [6.45, 7) is 2.23. The number of hydrogen-bond donors (Lipinski definition) is 1. The molecule has 1 N–H and O–H groups in total. The molecule has 0 unspecified atom stereocenters. The molecule has 2 aromatic carbocycles. The van der Waals surface area contributed by atoms with Crippen molar-refractivity contribution in [3.05, 3.63) is 75.9 Å². The number of hydrogen-bond acceptors (Lipinski definition) is 4.